The first-order chi connectivity index (χ1) is 7.70. The Kier molecular flexibility index (Phi) is 1.68. The Morgan fingerprint density at radius 1 is 1.50 bits per heavy atom. The highest BCUT2D eigenvalue weighted by Crippen LogP contribution is 2.43. The molecule has 0 amide bonds. The van der Waals surface area contributed by atoms with E-state index in [1.165, 1.54) is 6.07 Å². The van der Waals surface area contributed by atoms with Crippen molar-refractivity contribution in [2.45, 2.75) is 0 Å². The van der Waals surface area contributed by atoms with Gasteiger partial charge >= 0.3 is 0 Å². The third kappa shape index (κ3) is 0.982. The van der Waals surface area contributed by atoms with E-state index in [-0.39, 0.29) is 10.6 Å². The summed E-state index contributed by atoms with van der Waals surface area (Å²) in [6.45, 7) is 1.42. The lowest BCUT2D eigenvalue weighted by Crippen LogP contribution is -2.32. The van der Waals surface area contributed by atoms with Crippen LogP contribution in [0, 0.1) is 10.1 Å². The number of rotatable bonds is 1. The first-order valence-electron chi connectivity index (χ1n) is 5.03. The third-order valence-corrected chi connectivity index (χ3v) is 2.94. The van der Waals surface area contributed by atoms with Crippen molar-refractivity contribution in [3.05, 3.63) is 28.3 Å². The van der Waals surface area contributed by atoms with Crippen LogP contribution in [0.2, 0.25) is 0 Å². The molecule has 82 valence electrons. The minimum absolute atomic E-state index is 0.149. The molecule has 0 bridgehead atoms. The maximum atomic E-state index is 11.0. The predicted molar refractivity (Wildman–Crippen MR) is 61.1 cm³/mol. The molecule has 1 aromatic carbocycles. The smallest absolute Gasteiger partial charge is 0.295 e. The highest BCUT2D eigenvalue weighted by molar-refractivity contribution is 6.18. The van der Waals surface area contributed by atoms with Gasteiger partial charge in [-0.3, -0.25) is 15.1 Å². The predicted octanol–water partition coefficient (Wildman–Crippen LogP) is 1.22. The number of aliphatic imine (C=N–C) groups is 1. The first-order valence-corrected chi connectivity index (χ1v) is 5.03. The van der Waals surface area contributed by atoms with Gasteiger partial charge < -0.3 is 9.80 Å². The summed E-state index contributed by atoms with van der Waals surface area (Å²) in [4.78, 5) is 18.8. The molecule has 2 aliphatic heterocycles. The molecule has 0 aromatic heterocycles. The molecular formula is C10H10N4O2. The molecule has 2 heterocycles. The second-order valence-corrected chi connectivity index (χ2v) is 3.79. The molecule has 0 saturated carbocycles. The van der Waals surface area contributed by atoms with E-state index in [2.05, 4.69) is 4.99 Å². The summed E-state index contributed by atoms with van der Waals surface area (Å²) < 4.78 is 0. The van der Waals surface area contributed by atoms with Crippen LogP contribution < -0.4 is 9.80 Å². The average molecular weight is 218 g/mol. The van der Waals surface area contributed by atoms with Crippen molar-refractivity contribution in [2.24, 2.45) is 4.99 Å². The minimum Gasteiger partial charge on any atom is -0.313 e. The van der Waals surface area contributed by atoms with Gasteiger partial charge in [-0.1, -0.05) is 6.07 Å². The van der Waals surface area contributed by atoms with Gasteiger partial charge in [0.25, 0.3) is 5.69 Å². The quantitative estimate of drug-likeness (QED) is 0.525. The summed E-state index contributed by atoms with van der Waals surface area (Å²) in [5, 5.41) is 11.0. The molecule has 0 spiro atoms. The Hall–Kier alpha value is -2.11. The summed E-state index contributed by atoms with van der Waals surface area (Å²) in [5.74, 6) is 0.810. The summed E-state index contributed by atoms with van der Waals surface area (Å²) in [5.41, 5.74) is 1.68. The zero-order chi connectivity index (χ0) is 11.3. The Morgan fingerprint density at radius 3 is 3.06 bits per heavy atom. The lowest BCUT2D eigenvalue weighted by molar-refractivity contribution is -0.384. The number of guanidine groups is 1. The van der Waals surface area contributed by atoms with E-state index in [0.717, 1.165) is 18.2 Å². The van der Waals surface area contributed by atoms with E-state index in [0.29, 0.717) is 12.2 Å². The number of nitro benzene ring substituents is 1. The van der Waals surface area contributed by atoms with Gasteiger partial charge in [0.1, 0.15) is 5.69 Å². The van der Waals surface area contributed by atoms with Crippen molar-refractivity contribution in [3.63, 3.8) is 0 Å². The summed E-state index contributed by atoms with van der Waals surface area (Å²) in [7, 11) is 1.88. The second-order valence-electron chi connectivity index (χ2n) is 3.79. The zero-order valence-corrected chi connectivity index (χ0v) is 8.75. The summed E-state index contributed by atoms with van der Waals surface area (Å²) in [6, 6.07) is 5.12. The number of nitrogens with zero attached hydrogens (tertiary/aromatic N) is 4. The standard InChI is InChI=1S/C10H10N4O2/c1-12-7-3-2-4-8(14(15)16)9(7)13-6-5-11-10(12)13/h2-4H,5-6H2,1H3. The third-order valence-electron chi connectivity index (χ3n) is 2.94. The summed E-state index contributed by atoms with van der Waals surface area (Å²) >= 11 is 0. The highest BCUT2D eigenvalue weighted by Gasteiger charge is 2.38. The lowest BCUT2D eigenvalue weighted by atomic mass is 10.2. The number of hydrogen-bond donors (Lipinski definition) is 0. The van der Waals surface area contributed by atoms with Gasteiger partial charge in [-0.25, -0.2) is 0 Å². The zero-order valence-electron chi connectivity index (χ0n) is 8.75. The molecule has 1 aromatic rings. The van der Waals surface area contributed by atoms with Crippen LogP contribution in [0.15, 0.2) is 23.2 Å². The Balaban J connectivity index is 2.25. The molecule has 0 fully saturated rings. The second kappa shape index (κ2) is 2.94. The van der Waals surface area contributed by atoms with Gasteiger partial charge in [0, 0.05) is 19.7 Å². The van der Waals surface area contributed by atoms with Gasteiger partial charge in [0.05, 0.1) is 17.2 Å². The molecule has 2 aliphatic rings. The fraction of sp³-hybridized carbons (Fsp3) is 0.300. The lowest BCUT2D eigenvalue weighted by Gasteiger charge is -2.12. The van der Waals surface area contributed by atoms with Gasteiger partial charge in [0.15, 0.2) is 0 Å². The van der Waals surface area contributed by atoms with Crippen LogP contribution in [0.25, 0.3) is 0 Å². The molecule has 0 radical (unpaired) electrons. The maximum absolute atomic E-state index is 11.0. The number of nitro groups is 1. The minimum atomic E-state index is -0.339. The molecule has 0 N–H and O–H groups in total. The molecule has 0 unspecified atom stereocenters. The van der Waals surface area contributed by atoms with Gasteiger partial charge in [-0.15, -0.1) is 0 Å². The molecule has 6 nitrogen and oxygen atoms in total. The van der Waals surface area contributed by atoms with Gasteiger partial charge in [0.2, 0.25) is 5.96 Å². The number of hydrogen-bond acceptors (Lipinski definition) is 5. The van der Waals surface area contributed by atoms with Crippen molar-refractivity contribution >= 4 is 23.0 Å². The topological polar surface area (TPSA) is 62.0 Å². The highest BCUT2D eigenvalue weighted by atomic mass is 16.6. The molecular weight excluding hydrogens is 208 g/mol. The van der Waals surface area contributed by atoms with Crippen molar-refractivity contribution in [1.82, 2.24) is 0 Å². The van der Waals surface area contributed by atoms with Crippen molar-refractivity contribution in [2.75, 3.05) is 29.9 Å². The molecule has 0 saturated heterocycles. The first kappa shape index (κ1) is 9.14. The van der Waals surface area contributed by atoms with Gasteiger partial charge in [-0.05, 0) is 6.07 Å². The Morgan fingerprint density at radius 2 is 2.31 bits per heavy atom. The maximum Gasteiger partial charge on any atom is 0.295 e. The molecule has 6 heteroatoms. The number of benzene rings is 1. The molecule has 3 rings (SSSR count). The fourth-order valence-corrected chi connectivity index (χ4v) is 2.26. The van der Waals surface area contributed by atoms with Crippen molar-refractivity contribution in [1.29, 1.82) is 0 Å². The van der Waals surface area contributed by atoms with Crippen molar-refractivity contribution in [3.8, 4) is 0 Å². The molecule has 0 aliphatic carbocycles. The van der Waals surface area contributed by atoms with E-state index < -0.39 is 0 Å². The SMILES string of the molecule is CN1C2=NCCN2c2c1cccc2[N+](=O)[O-]. The van der Waals surface area contributed by atoms with Crippen LogP contribution in [0.3, 0.4) is 0 Å². The van der Waals surface area contributed by atoms with Crippen LogP contribution in [-0.2, 0) is 0 Å². The van der Waals surface area contributed by atoms with E-state index >= 15 is 0 Å². The van der Waals surface area contributed by atoms with E-state index in [1.54, 1.807) is 6.07 Å². The average Bonchev–Trinajstić information content (AvgIpc) is 2.83. The molecule has 0 atom stereocenters. The number of fused-ring (bicyclic) bond motifs is 3. The summed E-state index contributed by atoms with van der Waals surface area (Å²) in [6.07, 6.45) is 0. The van der Waals surface area contributed by atoms with Crippen LogP contribution in [0.4, 0.5) is 17.1 Å². The Labute approximate surface area is 91.9 Å². The number of anilines is 2. The van der Waals surface area contributed by atoms with Crippen LogP contribution >= 0.6 is 0 Å². The van der Waals surface area contributed by atoms with E-state index in [1.807, 2.05) is 22.9 Å². The van der Waals surface area contributed by atoms with Crippen LogP contribution in [-0.4, -0.2) is 31.0 Å². The van der Waals surface area contributed by atoms with Crippen LogP contribution in [0.5, 0.6) is 0 Å². The van der Waals surface area contributed by atoms with E-state index in [9.17, 15) is 10.1 Å². The van der Waals surface area contributed by atoms with Crippen molar-refractivity contribution < 1.29 is 4.92 Å². The van der Waals surface area contributed by atoms with Crippen LogP contribution in [0.1, 0.15) is 0 Å². The number of para-hydroxylation sites is 1. The van der Waals surface area contributed by atoms with E-state index in [4.69, 9.17) is 0 Å². The van der Waals surface area contributed by atoms with Gasteiger partial charge in [-0.2, -0.15) is 0 Å². The fourth-order valence-electron chi connectivity index (χ4n) is 2.26. The monoisotopic (exact) mass is 218 g/mol. The molecule has 16 heavy (non-hydrogen) atoms. The largest absolute Gasteiger partial charge is 0.313 e. The Bertz CT molecular complexity index is 512. The normalized spacial score (nSPS) is 17.2.